The summed E-state index contributed by atoms with van der Waals surface area (Å²) in [5.74, 6) is -1.04. The van der Waals surface area contributed by atoms with Gasteiger partial charge in [-0.25, -0.2) is 9.97 Å². The molecule has 1 aromatic carbocycles. The third-order valence-corrected chi connectivity index (χ3v) is 3.98. The summed E-state index contributed by atoms with van der Waals surface area (Å²) in [6, 6.07) is 15.3. The van der Waals surface area contributed by atoms with E-state index in [1.807, 2.05) is 18.2 Å². The van der Waals surface area contributed by atoms with Crippen molar-refractivity contribution in [3.05, 3.63) is 85.1 Å². The quantitative estimate of drug-likeness (QED) is 0.420. The number of hydrogen-bond acceptors (Lipinski definition) is 4. The highest BCUT2D eigenvalue weighted by atomic mass is 19.1. The van der Waals surface area contributed by atoms with Crippen LogP contribution in [-0.2, 0) is 0 Å². The van der Waals surface area contributed by atoms with Crippen LogP contribution in [0.2, 0.25) is 0 Å². The Morgan fingerprint density at radius 2 is 1.27 bits per heavy atom. The molecule has 7 heteroatoms. The molecular weight excluding hydrogens is 335 g/mol. The number of rotatable bonds is 4. The second-order valence-electron chi connectivity index (χ2n) is 5.60. The van der Waals surface area contributed by atoms with Gasteiger partial charge in [0.25, 0.3) is 0 Å². The lowest BCUT2D eigenvalue weighted by molar-refractivity contribution is 0.563. The van der Waals surface area contributed by atoms with Crippen LogP contribution in [0.1, 0.15) is 0 Å². The summed E-state index contributed by atoms with van der Waals surface area (Å²) in [5, 5.41) is 0.863. The number of fused-ring (bicyclic) bond motifs is 1. The van der Waals surface area contributed by atoms with Crippen molar-refractivity contribution >= 4 is 28.7 Å². The van der Waals surface area contributed by atoms with E-state index in [9.17, 15) is 8.78 Å². The van der Waals surface area contributed by atoms with E-state index < -0.39 is 18.8 Å². The molecule has 3 heterocycles. The summed E-state index contributed by atoms with van der Waals surface area (Å²) in [7, 11) is 0. The lowest BCUT2D eigenvalue weighted by Gasteiger charge is -2.18. The van der Waals surface area contributed by atoms with Gasteiger partial charge in [0.05, 0.1) is 0 Å². The number of hydrogen-bond donors (Lipinski definition) is 0. The summed E-state index contributed by atoms with van der Waals surface area (Å²) >= 11 is 0. The number of halogens is 2. The van der Waals surface area contributed by atoms with Crippen molar-refractivity contribution in [1.29, 1.82) is 0 Å². The SMILES string of the molecule is Fc1ncccc1B(Oc1cccc2cccnc12)c1cccnc1F. The Bertz CT molecular complexity index is 1030. The van der Waals surface area contributed by atoms with Gasteiger partial charge in [0.2, 0.25) is 11.9 Å². The van der Waals surface area contributed by atoms with Crippen LogP contribution in [0.5, 0.6) is 5.75 Å². The van der Waals surface area contributed by atoms with Gasteiger partial charge in [-0.15, -0.1) is 0 Å². The molecule has 4 rings (SSSR count). The Morgan fingerprint density at radius 1 is 0.692 bits per heavy atom. The fraction of sp³-hybridized carbons (Fsp3) is 0. The summed E-state index contributed by atoms with van der Waals surface area (Å²) < 4.78 is 34.7. The molecule has 3 aromatic heterocycles. The first kappa shape index (κ1) is 16.1. The lowest BCUT2D eigenvalue weighted by Crippen LogP contribution is -2.51. The maximum atomic E-state index is 14.3. The average Bonchev–Trinajstić information content (AvgIpc) is 2.68. The summed E-state index contributed by atoms with van der Waals surface area (Å²) in [6.07, 6.45) is 4.30. The molecule has 0 aliphatic rings. The van der Waals surface area contributed by atoms with Crippen molar-refractivity contribution in [3.8, 4) is 5.75 Å². The molecule has 26 heavy (non-hydrogen) atoms. The van der Waals surface area contributed by atoms with Crippen LogP contribution >= 0.6 is 0 Å². The van der Waals surface area contributed by atoms with Crippen molar-refractivity contribution in [1.82, 2.24) is 15.0 Å². The van der Waals surface area contributed by atoms with Gasteiger partial charge in [-0.1, -0.05) is 30.3 Å². The molecule has 0 spiro atoms. The topological polar surface area (TPSA) is 47.9 Å². The molecule has 0 aliphatic heterocycles. The number of nitrogens with zero attached hydrogens (tertiary/aromatic N) is 3. The van der Waals surface area contributed by atoms with E-state index in [-0.39, 0.29) is 10.9 Å². The number of aromatic nitrogens is 3. The third-order valence-electron chi connectivity index (χ3n) is 3.98. The first-order valence-corrected chi connectivity index (χ1v) is 7.95. The third kappa shape index (κ3) is 2.99. The molecular formula is C19H12BF2N3O. The van der Waals surface area contributed by atoms with Gasteiger partial charge in [0.15, 0.2) is 0 Å². The molecule has 0 fully saturated rings. The normalized spacial score (nSPS) is 10.7. The second-order valence-corrected chi connectivity index (χ2v) is 5.60. The molecule has 0 saturated carbocycles. The van der Waals surface area contributed by atoms with Gasteiger partial charge >= 0.3 is 6.92 Å². The number of pyridine rings is 3. The Balaban J connectivity index is 1.86. The Labute approximate surface area is 148 Å². The number of benzene rings is 1. The van der Waals surface area contributed by atoms with Crippen molar-refractivity contribution in [2.45, 2.75) is 0 Å². The van der Waals surface area contributed by atoms with Gasteiger partial charge in [-0.3, -0.25) is 4.98 Å². The molecule has 4 nitrogen and oxygen atoms in total. The average molecular weight is 347 g/mol. The lowest BCUT2D eigenvalue weighted by atomic mass is 9.55. The molecule has 126 valence electrons. The number of para-hydroxylation sites is 1. The monoisotopic (exact) mass is 347 g/mol. The van der Waals surface area contributed by atoms with Crippen molar-refractivity contribution in [3.63, 3.8) is 0 Å². The minimum Gasteiger partial charge on any atom is -0.550 e. The maximum Gasteiger partial charge on any atom is 0.435 e. The minimum atomic E-state index is -1.05. The Kier molecular flexibility index (Phi) is 4.27. The van der Waals surface area contributed by atoms with E-state index >= 15 is 0 Å². The molecule has 0 saturated heterocycles. The van der Waals surface area contributed by atoms with Gasteiger partial charge in [0.1, 0.15) is 11.3 Å². The van der Waals surface area contributed by atoms with Crippen molar-refractivity contribution < 1.29 is 13.4 Å². The molecule has 4 aromatic rings. The largest absolute Gasteiger partial charge is 0.550 e. The molecule has 0 bridgehead atoms. The molecule has 0 radical (unpaired) electrons. The fourth-order valence-corrected chi connectivity index (χ4v) is 2.78. The van der Waals surface area contributed by atoms with E-state index in [2.05, 4.69) is 15.0 Å². The molecule has 0 unspecified atom stereocenters. The predicted octanol–water partition coefficient (Wildman–Crippen LogP) is 2.49. The molecule has 0 atom stereocenters. The van der Waals surface area contributed by atoms with Gasteiger partial charge in [-0.2, -0.15) is 8.78 Å². The van der Waals surface area contributed by atoms with Crippen LogP contribution in [-0.4, -0.2) is 21.9 Å². The smallest absolute Gasteiger partial charge is 0.435 e. The van der Waals surface area contributed by atoms with Crippen LogP contribution in [0, 0.1) is 11.9 Å². The van der Waals surface area contributed by atoms with Crippen LogP contribution in [0.3, 0.4) is 0 Å². The van der Waals surface area contributed by atoms with Crippen molar-refractivity contribution in [2.24, 2.45) is 0 Å². The Hall–Kier alpha value is -3.35. The zero-order valence-corrected chi connectivity index (χ0v) is 13.5. The van der Waals surface area contributed by atoms with E-state index in [1.165, 1.54) is 24.5 Å². The summed E-state index contributed by atoms with van der Waals surface area (Å²) in [6.45, 7) is -1.05. The van der Waals surface area contributed by atoms with Crippen molar-refractivity contribution in [2.75, 3.05) is 0 Å². The van der Waals surface area contributed by atoms with Crippen LogP contribution in [0.15, 0.2) is 73.2 Å². The van der Waals surface area contributed by atoms with Crippen LogP contribution in [0.4, 0.5) is 8.78 Å². The van der Waals surface area contributed by atoms with Gasteiger partial charge in [0, 0.05) is 34.9 Å². The first-order chi connectivity index (χ1) is 12.7. The van der Waals surface area contributed by atoms with Gasteiger partial charge < -0.3 is 4.65 Å². The predicted molar refractivity (Wildman–Crippen MR) is 95.8 cm³/mol. The van der Waals surface area contributed by atoms with E-state index in [0.29, 0.717) is 11.3 Å². The molecule has 0 aliphatic carbocycles. The zero-order chi connectivity index (χ0) is 17.9. The summed E-state index contributed by atoms with van der Waals surface area (Å²) in [5.41, 5.74) is 0.841. The van der Waals surface area contributed by atoms with Gasteiger partial charge in [-0.05, 0) is 24.3 Å². The summed E-state index contributed by atoms with van der Waals surface area (Å²) in [4.78, 5) is 11.6. The maximum absolute atomic E-state index is 14.3. The van der Waals surface area contributed by atoms with Crippen LogP contribution < -0.4 is 15.6 Å². The highest BCUT2D eigenvalue weighted by Gasteiger charge is 2.31. The first-order valence-electron chi connectivity index (χ1n) is 7.95. The van der Waals surface area contributed by atoms with Crippen LogP contribution in [0.25, 0.3) is 10.9 Å². The molecule has 0 amide bonds. The fourth-order valence-electron chi connectivity index (χ4n) is 2.78. The van der Waals surface area contributed by atoms with E-state index in [0.717, 1.165) is 5.39 Å². The minimum absolute atomic E-state index is 0.118. The standard InChI is InChI=1S/C19H12BF2N3O/c21-18-14(7-3-11-24-18)20(15-8-4-12-25-19(15)22)26-16-9-1-5-13-6-2-10-23-17(13)16/h1-12H. The highest BCUT2D eigenvalue weighted by molar-refractivity contribution is 6.80. The molecule has 0 N–H and O–H groups in total. The highest BCUT2D eigenvalue weighted by Crippen LogP contribution is 2.23. The Morgan fingerprint density at radius 3 is 1.92 bits per heavy atom. The van der Waals surface area contributed by atoms with E-state index in [4.69, 9.17) is 4.65 Å². The zero-order valence-electron chi connectivity index (χ0n) is 13.5. The second kappa shape index (κ2) is 6.88. The van der Waals surface area contributed by atoms with E-state index in [1.54, 1.807) is 30.5 Å².